The molecule has 4 saturated carbocycles. The van der Waals surface area contributed by atoms with Crippen molar-refractivity contribution in [2.24, 2.45) is 23.7 Å². The van der Waals surface area contributed by atoms with Crippen LogP contribution >= 0.6 is 23.5 Å². The Morgan fingerprint density at radius 1 is 1.24 bits per heavy atom. The third-order valence-electron chi connectivity index (χ3n) is 8.53. The lowest BCUT2D eigenvalue weighted by molar-refractivity contribution is -0.243. The summed E-state index contributed by atoms with van der Waals surface area (Å²) in [6.07, 6.45) is 0.679. The lowest BCUT2D eigenvalue weighted by Crippen LogP contribution is -2.62. The minimum absolute atomic E-state index is 0.00370. The quantitative estimate of drug-likeness (QED) is 0.267. The molecule has 3 saturated heterocycles. The average molecular weight is 587 g/mol. The summed E-state index contributed by atoms with van der Waals surface area (Å²) in [5.41, 5.74) is -1.48. The summed E-state index contributed by atoms with van der Waals surface area (Å²) < 4.78 is 86.7. The first-order valence-corrected chi connectivity index (χ1v) is 15.6. The van der Waals surface area contributed by atoms with Crippen LogP contribution in [0.3, 0.4) is 0 Å². The number of hydrogen-bond donors (Lipinski definition) is 1. The topological polar surface area (TPSA) is 135 Å². The number of carbonyl (C=O) groups is 2. The van der Waals surface area contributed by atoms with Gasteiger partial charge in [-0.25, -0.2) is 4.79 Å². The van der Waals surface area contributed by atoms with Gasteiger partial charge in [0, 0.05) is 6.61 Å². The zero-order chi connectivity index (χ0) is 26.5. The fourth-order valence-corrected chi connectivity index (χ4v) is 12.2. The van der Waals surface area contributed by atoms with Crippen molar-refractivity contribution >= 4 is 45.6 Å². The third kappa shape index (κ3) is 3.97. The van der Waals surface area contributed by atoms with Crippen molar-refractivity contribution in [2.75, 3.05) is 6.61 Å². The molecule has 15 heteroatoms. The summed E-state index contributed by atoms with van der Waals surface area (Å²) in [6.45, 7) is 4.01. The molecular formula is C22H28F2O10S3. The maximum Gasteiger partial charge on any atom is 0.465 e. The van der Waals surface area contributed by atoms with Gasteiger partial charge in [0.2, 0.25) is 6.29 Å². The summed E-state index contributed by atoms with van der Waals surface area (Å²) in [5.74, 6) is -2.97. The molecule has 0 amide bonds. The van der Waals surface area contributed by atoms with Crippen LogP contribution in [0, 0.1) is 23.7 Å². The Morgan fingerprint density at radius 3 is 2.54 bits per heavy atom. The molecule has 7 rings (SSSR count). The smallest absolute Gasteiger partial charge is 0.454 e. The monoisotopic (exact) mass is 586 g/mol. The molecule has 7 fully saturated rings. The molecule has 37 heavy (non-hydrogen) atoms. The van der Waals surface area contributed by atoms with Gasteiger partial charge in [-0.2, -0.15) is 17.2 Å². The Hall–Kier alpha value is -0.710. The van der Waals surface area contributed by atoms with Crippen molar-refractivity contribution in [2.45, 2.75) is 90.3 Å². The number of rotatable bonds is 7. The van der Waals surface area contributed by atoms with Crippen molar-refractivity contribution in [3.8, 4) is 0 Å². The van der Waals surface area contributed by atoms with E-state index in [1.807, 2.05) is 6.92 Å². The summed E-state index contributed by atoms with van der Waals surface area (Å²) in [4.78, 5) is 25.0. The van der Waals surface area contributed by atoms with Gasteiger partial charge in [-0.1, -0.05) is 0 Å². The van der Waals surface area contributed by atoms with Crippen molar-refractivity contribution in [1.29, 1.82) is 0 Å². The van der Waals surface area contributed by atoms with Gasteiger partial charge in [-0.3, -0.25) is 9.35 Å². The highest BCUT2D eigenvalue weighted by Gasteiger charge is 2.73. The maximum atomic E-state index is 14.0. The lowest BCUT2D eigenvalue weighted by atomic mass is 9.53. The summed E-state index contributed by atoms with van der Waals surface area (Å²) in [6, 6.07) is 0. The number of halogens is 2. The number of ether oxygens (including phenoxy) is 5. The number of carbonyl (C=O) groups excluding carboxylic acids is 2. The van der Waals surface area contributed by atoms with Crippen LogP contribution in [-0.4, -0.2) is 75.8 Å². The zero-order valence-electron chi connectivity index (χ0n) is 20.0. The van der Waals surface area contributed by atoms with Crippen LogP contribution in [0.25, 0.3) is 0 Å². The van der Waals surface area contributed by atoms with Gasteiger partial charge in [-0.15, -0.1) is 23.5 Å². The van der Waals surface area contributed by atoms with Crippen LogP contribution in [0.2, 0.25) is 0 Å². The molecular weight excluding hydrogens is 558 g/mol. The second-order valence-corrected chi connectivity index (χ2v) is 15.3. The molecule has 3 heterocycles. The van der Waals surface area contributed by atoms with Crippen molar-refractivity contribution in [3.63, 3.8) is 0 Å². The molecule has 208 valence electrons. The number of alkyl halides is 2. The molecule has 3 aliphatic heterocycles. The first kappa shape index (κ1) is 26.5. The second-order valence-electron chi connectivity index (χ2n) is 10.8. The van der Waals surface area contributed by atoms with Crippen LogP contribution in [0.4, 0.5) is 8.78 Å². The predicted octanol–water partition coefficient (Wildman–Crippen LogP) is 2.76. The number of thioether (sulfide) groups is 2. The van der Waals surface area contributed by atoms with Crippen LogP contribution in [0.1, 0.15) is 46.0 Å². The van der Waals surface area contributed by atoms with E-state index in [1.165, 1.54) is 0 Å². The van der Waals surface area contributed by atoms with Crippen molar-refractivity contribution in [3.05, 3.63) is 0 Å². The largest absolute Gasteiger partial charge is 0.465 e. The summed E-state index contributed by atoms with van der Waals surface area (Å²) >= 11 is 3.34. The maximum absolute atomic E-state index is 14.0. The van der Waals surface area contributed by atoms with Crippen LogP contribution in [0.5, 0.6) is 0 Å². The predicted molar refractivity (Wildman–Crippen MR) is 125 cm³/mol. The minimum Gasteiger partial charge on any atom is -0.454 e. The van der Waals surface area contributed by atoms with E-state index >= 15 is 0 Å². The van der Waals surface area contributed by atoms with Gasteiger partial charge < -0.3 is 23.7 Å². The van der Waals surface area contributed by atoms with Crippen LogP contribution < -0.4 is 0 Å². The highest BCUT2D eigenvalue weighted by Crippen LogP contribution is 2.75. The molecule has 7 aliphatic rings. The fourth-order valence-electron chi connectivity index (χ4n) is 7.37. The van der Waals surface area contributed by atoms with Gasteiger partial charge in [0.15, 0.2) is 6.29 Å². The zero-order valence-corrected chi connectivity index (χ0v) is 22.5. The second kappa shape index (κ2) is 8.64. The van der Waals surface area contributed by atoms with E-state index in [0.717, 1.165) is 12.8 Å². The normalized spacial score (nSPS) is 46.7. The Bertz CT molecular complexity index is 1090. The molecule has 10 nitrogen and oxygen atoms in total. The Balaban J connectivity index is 1.18. The van der Waals surface area contributed by atoms with Crippen molar-refractivity contribution < 1.29 is 55.0 Å². The van der Waals surface area contributed by atoms with E-state index in [1.54, 1.807) is 30.4 Å². The molecule has 0 radical (unpaired) electrons. The number of fused-ring (bicyclic) bond motifs is 3. The SMILES string of the molecule is CCOC(C)OC1OC(=O)C2C1OC1SC3(SC12)C1CC2CC3CC(OC(=O)C(F)(F)S(=O)(=O)O)(C2)C1. The van der Waals surface area contributed by atoms with E-state index in [2.05, 4.69) is 0 Å². The van der Waals surface area contributed by atoms with Gasteiger partial charge in [-0.05, 0) is 63.7 Å². The molecule has 1 spiro atoms. The molecule has 8 atom stereocenters. The van der Waals surface area contributed by atoms with Gasteiger partial charge in [0.05, 0.1) is 9.33 Å². The standard InChI is InChI=1S/C22H28F2O10S3/c1-3-30-9(2)31-17-14-13(16(25)33-17)15-18(32-14)36-21(35-15)11-4-10-5-12(21)8-20(6-10,7-11)34-19(26)22(23,24)37(27,28)29/h9-15,17-18H,3-8H2,1-2H3,(H,27,28,29). The molecule has 1 N–H and O–H groups in total. The third-order valence-corrected chi connectivity index (χ3v) is 13.6. The Morgan fingerprint density at radius 2 is 1.92 bits per heavy atom. The minimum atomic E-state index is -5.94. The Kier molecular flexibility index (Phi) is 6.19. The van der Waals surface area contributed by atoms with Crippen LogP contribution in [-0.2, 0) is 43.4 Å². The van der Waals surface area contributed by atoms with E-state index < -0.39 is 51.5 Å². The first-order chi connectivity index (χ1) is 17.3. The molecule has 4 bridgehead atoms. The lowest BCUT2D eigenvalue weighted by Gasteiger charge is -2.63. The molecule has 8 unspecified atom stereocenters. The van der Waals surface area contributed by atoms with Gasteiger partial charge in [0.25, 0.3) is 0 Å². The summed E-state index contributed by atoms with van der Waals surface area (Å²) in [7, 11) is -5.94. The van der Waals surface area contributed by atoms with E-state index in [4.69, 9.17) is 28.2 Å². The van der Waals surface area contributed by atoms with E-state index in [9.17, 15) is 26.8 Å². The molecule has 0 aromatic carbocycles. The van der Waals surface area contributed by atoms with Gasteiger partial charge in [0.1, 0.15) is 23.1 Å². The fraction of sp³-hybridized carbons (Fsp3) is 0.909. The van der Waals surface area contributed by atoms with Gasteiger partial charge >= 0.3 is 27.3 Å². The molecule has 4 aliphatic carbocycles. The number of esters is 2. The first-order valence-electron chi connectivity index (χ1n) is 12.4. The molecule has 0 aromatic heterocycles. The van der Waals surface area contributed by atoms with E-state index in [-0.39, 0.29) is 38.5 Å². The Labute approximate surface area is 220 Å². The average Bonchev–Trinajstić information content (AvgIpc) is 3.40. The molecule has 0 aromatic rings. The summed E-state index contributed by atoms with van der Waals surface area (Å²) in [5, 5.41) is -5.19. The highest BCUT2D eigenvalue weighted by molar-refractivity contribution is 8.22. The van der Waals surface area contributed by atoms with Crippen molar-refractivity contribution in [1.82, 2.24) is 0 Å². The van der Waals surface area contributed by atoms with E-state index in [0.29, 0.717) is 25.9 Å². The number of cyclic esters (lactones) is 1. The number of hydrogen-bond acceptors (Lipinski definition) is 11. The van der Waals surface area contributed by atoms with Crippen LogP contribution in [0.15, 0.2) is 0 Å². The highest BCUT2D eigenvalue weighted by atomic mass is 32.2.